The minimum absolute atomic E-state index is 0.150. The van der Waals surface area contributed by atoms with E-state index in [4.69, 9.17) is 0 Å². The van der Waals surface area contributed by atoms with Crippen LogP contribution >= 0.6 is 0 Å². The number of aliphatic imine (C=N–C) groups is 1. The van der Waals surface area contributed by atoms with Gasteiger partial charge in [-0.1, -0.05) is 26.2 Å². The maximum Gasteiger partial charge on any atom is 0.407 e. The van der Waals surface area contributed by atoms with Gasteiger partial charge in [0.05, 0.1) is 19.0 Å². The molecule has 0 radical (unpaired) electrons. The lowest BCUT2D eigenvalue weighted by molar-refractivity contribution is -0.149. The number of halogens is 3. The van der Waals surface area contributed by atoms with Gasteiger partial charge in [0.25, 0.3) is 0 Å². The first kappa shape index (κ1) is 21.9. The largest absolute Gasteiger partial charge is 0.407 e. The van der Waals surface area contributed by atoms with Crippen LogP contribution in [-0.4, -0.2) is 53.5 Å². The van der Waals surface area contributed by atoms with Crippen molar-refractivity contribution in [3.63, 3.8) is 0 Å². The highest BCUT2D eigenvalue weighted by Gasteiger charge is 2.41. The van der Waals surface area contributed by atoms with E-state index in [-0.39, 0.29) is 12.6 Å². The van der Waals surface area contributed by atoms with E-state index in [0.29, 0.717) is 5.70 Å². The fourth-order valence-electron chi connectivity index (χ4n) is 2.80. The molecule has 0 saturated carbocycles. The Labute approximate surface area is 148 Å². The van der Waals surface area contributed by atoms with Crippen LogP contribution < -0.4 is 10.6 Å². The number of hydrogen-bond acceptors (Lipinski definition) is 4. The Hall–Kier alpha value is -1.12. The van der Waals surface area contributed by atoms with Gasteiger partial charge in [-0.3, -0.25) is 15.6 Å². The molecule has 4 unspecified atom stereocenters. The quantitative estimate of drug-likeness (QED) is 0.255. The zero-order valence-electron chi connectivity index (χ0n) is 15.5. The summed E-state index contributed by atoms with van der Waals surface area (Å²) in [6.45, 7) is 7.57. The predicted molar refractivity (Wildman–Crippen MR) is 94.1 cm³/mol. The Kier molecular flexibility index (Phi) is 8.88. The molecule has 25 heavy (non-hydrogen) atoms. The molecule has 0 aliphatic carbocycles. The Balaban J connectivity index is 2.47. The van der Waals surface area contributed by atoms with Crippen molar-refractivity contribution < 1.29 is 18.3 Å². The summed E-state index contributed by atoms with van der Waals surface area (Å²) in [5, 5.41) is 15.5. The number of nitrogens with zero attached hydrogens (tertiary/aromatic N) is 2. The van der Waals surface area contributed by atoms with Crippen LogP contribution in [0.3, 0.4) is 0 Å². The van der Waals surface area contributed by atoms with Gasteiger partial charge in [-0.25, -0.2) is 0 Å². The minimum Gasteiger partial charge on any atom is -0.377 e. The molecule has 1 rings (SSSR count). The minimum atomic E-state index is -4.31. The molecule has 0 saturated heterocycles. The number of nitrogens with one attached hydrogen (secondary N) is 2. The molecule has 0 aromatic rings. The third-order valence-electron chi connectivity index (χ3n) is 4.21. The van der Waals surface area contributed by atoms with Crippen LogP contribution in [0, 0.1) is 0 Å². The average molecular weight is 364 g/mol. The van der Waals surface area contributed by atoms with Crippen LogP contribution in [0.4, 0.5) is 13.2 Å². The molecular weight excluding hydrogens is 333 g/mol. The van der Waals surface area contributed by atoms with Gasteiger partial charge in [0.1, 0.15) is 12.3 Å². The van der Waals surface area contributed by atoms with Crippen molar-refractivity contribution in [2.75, 3.05) is 6.54 Å². The number of rotatable bonds is 9. The lowest BCUT2D eigenvalue weighted by atomic mass is 10.1. The zero-order valence-corrected chi connectivity index (χ0v) is 15.5. The summed E-state index contributed by atoms with van der Waals surface area (Å²) in [7, 11) is 0. The zero-order chi connectivity index (χ0) is 19.0. The molecule has 1 aliphatic heterocycles. The lowest BCUT2D eigenvalue weighted by Gasteiger charge is -2.37. The molecule has 0 amide bonds. The Morgan fingerprint density at radius 2 is 2.12 bits per heavy atom. The molecule has 0 bridgehead atoms. The lowest BCUT2D eigenvalue weighted by Crippen LogP contribution is -2.55. The van der Waals surface area contributed by atoms with Crippen molar-refractivity contribution in [2.24, 2.45) is 4.99 Å². The predicted octanol–water partition coefficient (Wildman–Crippen LogP) is 2.98. The van der Waals surface area contributed by atoms with Crippen LogP contribution in [0.1, 0.15) is 53.4 Å². The number of hydrogen-bond donors (Lipinski definition) is 3. The molecule has 4 atom stereocenters. The monoisotopic (exact) mass is 364 g/mol. The standard InChI is InChI=1S/C17H31F3N4O/c1-5-6-7-8-12(2)22-16(25)10-21-11-24-13(3)9-15(17(18,19)20)23-14(24)4/h9,11-12,14-16,22-23,25H,5-8,10H2,1-4H3/b21-11-. The maximum absolute atomic E-state index is 12.8. The van der Waals surface area contributed by atoms with Crippen molar-refractivity contribution in [3.8, 4) is 0 Å². The summed E-state index contributed by atoms with van der Waals surface area (Å²) in [4.78, 5) is 5.78. The van der Waals surface area contributed by atoms with Crippen LogP contribution in [0.2, 0.25) is 0 Å². The molecule has 146 valence electrons. The van der Waals surface area contributed by atoms with Crippen LogP contribution in [-0.2, 0) is 0 Å². The summed E-state index contributed by atoms with van der Waals surface area (Å²) in [5.74, 6) is 0. The Morgan fingerprint density at radius 3 is 2.68 bits per heavy atom. The van der Waals surface area contributed by atoms with Crippen LogP contribution in [0.15, 0.2) is 16.8 Å². The second kappa shape index (κ2) is 10.1. The molecule has 0 fully saturated rings. The summed E-state index contributed by atoms with van der Waals surface area (Å²) >= 11 is 0. The van der Waals surface area contributed by atoms with Crippen molar-refractivity contribution in [1.29, 1.82) is 0 Å². The first-order valence-electron chi connectivity index (χ1n) is 8.88. The number of allylic oxidation sites excluding steroid dienone is 1. The molecule has 1 heterocycles. The van der Waals surface area contributed by atoms with E-state index in [1.165, 1.54) is 12.8 Å². The van der Waals surface area contributed by atoms with Crippen molar-refractivity contribution in [2.45, 2.75) is 84.0 Å². The molecular formula is C17H31F3N4O. The van der Waals surface area contributed by atoms with Gasteiger partial charge in [-0.2, -0.15) is 13.2 Å². The van der Waals surface area contributed by atoms with E-state index >= 15 is 0 Å². The van der Waals surface area contributed by atoms with Crippen molar-refractivity contribution in [1.82, 2.24) is 15.5 Å². The van der Waals surface area contributed by atoms with E-state index in [1.807, 2.05) is 6.92 Å². The van der Waals surface area contributed by atoms with Gasteiger partial charge in [0.15, 0.2) is 0 Å². The van der Waals surface area contributed by atoms with E-state index in [1.54, 1.807) is 18.7 Å². The highest BCUT2D eigenvalue weighted by Crippen LogP contribution is 2.26. The third-order valence-corrected chi connectivity index (χ3v) is 4.21. The summed E-state index contributed by atoms with van der Waals surface area (Å²) < 4.78 is 38.4. The number of aliphatic hydroxyl groups is 1. The fourth-order valence-corrected chi connectivity index (χ4v) is 2.80. The molecule has 1 aliphatic rings. The highest BCUT2D eigenvalue weighted by atomic mass is 19.4. The summed E-state index contributed by atoms with van der Waals surface area (Å²) in [6, 6.07) is -1.45. The average Bonchev–Trinajstić information content (AvgIpc) is 2.49. The SMILES string of the molecule is CCCCCC(C)NC(O)C/N=C\N1C(C)=CC(C(F)(F)F)NC1C. The van der Waals surface area contributed by atoms with Gasteiger partial charge in [-0.15, -0.1) is 0 Å². The molecule has 8 heteroatoms. The molecule has 0 aromatic heterocycles. The summed E-state index contributed by atoms with van der Waals surface area (Å²) in [5.41, 5.74) is 0.479. The number of aliphatic hydroxyl groups excluding tert-OH is 1. The topological polar surface area (TPSA) is 59.9 Å². The highest BCUT2D eigenvalue weighted by molar-refractivity contribution is 5.59. The van der Waals surface area contributed by atoms with Gasteiger partial charge < -0.3 is 10.0 Å². The van der Waals surface area contributed by atoms with Crippen molar-refractivity contribution in [3.05, 3.63) is 11.8 Å². The van der Waals surface area contributed by atoms with Crippen LogP contribution in [0.5, 0.6) is 0 Å². The van der Waals surface area contributed by atoms with E-state index in [2.05, 4.69) is 22.5 Å². The molecule has 0 aromatic carbocycles. The molecule has 3 N–H and O–H groups in total. The Bertz CT molecular complexity index is 454. The third kappa shape index (κ3) is 7.75. The molecule has 5 nitrogen and oxygen atoms in total. The first-order chi connectivity index (χ1) is 11.6. The van der Waals surface area contributed by atoms with Gasteiger partial charge >= 0.3 is 6.18 Å². The maximum atomic E-state index is 12.8. The van der Waals surface area contributed by atoms with Gasteiger partial charge in [0.2, 0.25) is 0 Å². The van der Waals surface area contributed by atoms with E-state index < -0.39 is 24.6 Å². The van der Waals surface area contributed by atoms with E-state index in [0.717, 1.165) is 25.3 Å². The van der Waals surface area contributed by atoms with Crippen LogP contribution in [0.25, 0.3) is 0 Å². The van der Waals surface area contributed by atoms with Gasteiger partial charge in [-0.05, 0) is 33.3 Å². The first-order valence-corrected chi connectivity index (χ1v) is 8.88. The Morgan fingerprint density at radius 1 is 1.44 bits per heavy atom. The molecule has 0 spiro atoms. The normalized spacial score (nSPS) is 24.5. The van der Waals surface area contributed by atoms with Gasteiger partial charge in [0, 0.05) is 11.7 Å². The smallest absolute Gasteiger partial charge is 0.377 e. The second-order valence-electron chi connectivity index (χ2n) is 6.64. The number of unbranched alkanes of at least 4 members (excludes halogenated alkanes) is 2. The van der Waals surface area contributed by atoms with E-state index in [9.17, 15) is 18.3 Å². The van der Waals surface area contributed by atoms with Crippen molar-refractivity contribution >= 4 is 6.34 Å². The summed E-state index contributed by atoms with van der Waals surface area (Å²) in [6.07, 6.45) is 1.43. The second-order valence-corrected chi connectivity index (χ2v) is 6.64. The number of alkyl halides is 3. The fraction of sp³-hybridized carbons (Fsp3) is 0.824.